The Labute approximate surface area is 285 Å². The SMILES string of the molecule is CC(=O)N[C@H](c1ccc2c(c1)OCCOCCOc1cc([C@H](NC(C)=O)C(Cl)(Cl)Cl)ccc1OCCOCCO2)C(Cl)(Cl)Cl. The third-order valence-corrected chi connectivity index (χ3v) is 7.20. The molecular formula is C28H32Cl6N2O8. The lowest BCUT2D eigenvalue weighted by Gasteiger charge is -2.26. The van der Waals surface area contributed by atoms with Crippen LogP contribution in [-0.4, -0.2) is 72.3 Å². The Hall–Kier alpha value is -1.76. The Kier molecular flexibility index (Phi) is 14.4. The van der Waals surface area contributed by atoms with E-state index in [1.165, 1.54) is 13.8 Å². The fourth-order valence-corrected chi connectivity index (χ4v) is 5.12. The highest BCUT2D eigenvalue weighted by Gasteiger charge is 2.36. The minimum Gasteiger partial charge on any atom is -0.487 e. The molecule has 2 N–H and O–H groups in total. The number of nitrogens with one attached hydrogen (secondary N) is 2. The highest BCUT2D eigenvalue weighted by atomic mass is 35.6. The van der Waals surface area contributed by atoms with E-state index in [4.69, 9.17) is 98.0 Å². The summed E-state index contributed by atoms with van der Waals surface area (Å²) in [5.41, 5.74) is 1.00. The van der Waals surface area contributed by atoms with Crippen molar-refractivity contribution in [3.63, 3.8) is 0 Å². The van der Waals surface area contributed by atoms with Crippen LogP contribution in [0.15, 0.2) is 36.4 Å². The summed E-state index contributed by atoms with van der Waals surface area (Å²) in [6, 6.07) is 8.07. The van der Waals surface area contributed by atoms with Crippen molar-refractivity contribution < 1.29 is 38.0 Å². The van der Waals surface area contributed by atoms with Crippen molar-refractivity contribution in [2.75, 3.05) is 52.9 Å². The van der Waals surface area contributed by atoms with E-state index in [1.54, 1.807) is 36.4 Å². The van der Waals surface area contributed by atoms with Crippen LogP contribution in [-0.2, 0) is 19.1 Å². The molecule has 0 radical (unpaired) electrons. The average Bonchev–Trinajstić information content (AvgIpc) is 2.93. The minimum absolute atomic E-state index is 0.153. The number of alkyl halides is 6. The van der Waals surface area contributed by atoms with Gasteiger partial charge in [0.2, 0.25) is 19.4 Å². The van der Waals surface area contributed by atoms with Crippen molar-refractivity contribution in [3.8, 4) is 23.0 Å². The Morgan fingerprint density at radius 2 is 0.886 bits per heavy atom. The first-order valence-electron chi connectivity index (χ1n) is 13.4. The molecule has 0 aliphatic carbocycles. The molecule has 2 aromatic carbocycles. The zero-order valence-corrected chi connectivity index (χ0v) is 28.3. The number of amides is 2. The first-order chi connectivity index (χ1) is 20.8. The Morgan fingerprint density at radius 1 is 0.568 bits per heavy atom. The molecule has 10 nitrogen and oxygen atoms in total. The fraction of sp³-hybridized carbons (Fsp3) is 0.500. The van der Waals surface area contributed by atoms with Gasteiger partial charge in [-0.3, -0.25) is 9.59 Å². The third-order valence-electron chi connectivity index (χ3n) is 5.89. The number of rotatable bonds is 4. The zero-order chi connectivity index (χ0) is 32.3. The lowest BCUT2D eigenvalue weighted by molar-refractivity contribution is -0.120. The van der Waals surface area contributed by atoms with Gasteiger partial charge in [0.05, 0.1) is 26.4 Å². The Bertz CT molecular complexity index is 1160. The first kappa shape index (κ1) is 36.7. The molecule has 2 atom stereocenters. The zero-order valence-electron chi connectivity index (χ0n) is 23.8. The lowest BCUT2D eigenvalue weighted by atomic mass is 10.1. The predicted octanol–water partition coefficient (Wildman–Crippen LogP) is 6.04. The number of ether oxygens (including phenoxy) is 6. The van der Waals surface area contributed by atoms with Gasteiger partial charge in [0, 0.05) is 13.8 Å². The summed E-state index contributed by atoms with van der Waals surface area (Å²) in [5.74, 6) is 0.847. The molecule has 2 amide bonds. The number of hydrogen-bond acceptors (Lipinski definition) is 8. The van der Waals surface area contributed by atoms with E-state index in [-0.39, 0.29) is 64.7 Å². The second-order valence-electron chi connectivity index (χ2n) is 9.38. The van der Waals surface area contributed by atoms with E-state index in [0.29, 0.717) is 34.1 Å². The molecule has 0 aromatic heterocycles. The van der Waals surface area contributed by atoms with E-state index in [0.717, 1.165) is 0 Å². The molecule has 1 aliphatic rings. The highest BCUT2D eigenvalue weighted by Crippen LogP contribution is 2.43. The largest absolute Gasteiger partial charge is 0.487 e. The van der Waals surface area contributed by atoms with Gasteiger partial charge < -0.3 is 39.1 Å². The van der Waals surface area contributed by atoms with E-state index >= 15 is 0 Å². The predicted molar refractivity (Wildman–Crippen MR) is 170 cm³/mol. The van der Waals surface area contributed by atoms with Crippen LogP contribution in [0.3, 0.4) is 0 Å². The van der Waals surface area contributed by atoms with Crippen molar-refractivity contribution >= 4 is 81.4 Å². The van der Waals surface area contributed by atoms with Gasteiger partial charge in [0.15, 0.2) is 23.0 Å². The van der Waals surface area contributed by atoms with Crippen molar-refractivity contribution in [3.05, 3.63) is 47.5 Å². The number of fused-ring (bicyclic) bond motifs is 2. The maximum absolute atomic E-state index is 11.7. The number of hydrogen-bond donors (Lipinski definition) is 2. The summed E-state index contributed by atoms with van der Waals surface area (Å²) in [4.78, 5) is 23.5. The maximum Gasteiger partial charge on any atom is 0.217 e. The quantitative estimate of drug-likeness (QED) is 0.366. The van der Waals surface area contributed by atoms with Crippen LogP contribution in [0.2, 0.25) is 0 Å². The molecule has 0 saturated carbocycles. The molecule has 44 heavy (non-hydrogen) atoms. The minimum atomic E-state index is -1.82. The Balaban J connectivity index is 1.73. The molecule has 1 heterocycles. The number of benzene rings is 2. The Morgan fingerprint density at radius 3 is 1.18 bits per heavy atom. The normalized spacial score (nSPS) is 16.9. The van der Waals surface area contributed by atoms with Crippen molar-refractivity contribution in [2.24, 2.45) is 0 Å². The number of carbonyl (C=O) groups is 2. The summed E-state index contributed by atoms with van der Waals surface area (Å²) >= 11 is 36.8. The molecular weight excluding hydrogens is 705 g/mol. The number of halogens is 6. The summed E-state index contributed by atoms with van der Waals surface area (Å²) in [7, 11) is 0. The third kappa shape index (κ3) is 11.9. The van der Waals surface area contributed by atoms with E-state index in [1.807, 2.05) is 0 Å². The highest BCUT2D eigenvalue weighted by molar-refractivity contribution is 6.68. The summed E-state index contributed by atoms with van der Waals surface area (Å²) in [5, 5.41) is 5.29. The summed E-state index contributed by atoms with van der Waals surface area (Å²) < 4.78 is 31.3. The van der Waals surface area contributed by atoms with Crippen molar-refractivity contribution in [2.45, 2.75) is 33.5 Å². The molecule has 0 spiro atoms. The molecule has 3 rings (SSSR count). The van der Waals surface area contributed by atoms with Crippen molar-refractivity contribution in [1.29, 1.82) is 0 Å². The van der Waals surface area contributed by atoms with E-state index < -0.39 is 19.7 Å². The van der Waals surface area contributed by atoms with Crippen LogP contribution in [0, 0.1) is 0 Å². The van der Waals surface area contributed by atoms with Crippen molar-refractivity contribution in [1.82, 2.24) is 10.6 Å². The van der Waals surface area contributed by atoms with Crippen LogP contribution >= 0.6 is 69.6 Å². The van der Waals surface area contributed by atoms with Gasteiger partial charge in [0.25, 0.3) is 0 Å². The summed E-state index contributed by atoms with van der Waals surface area (Å²) in [6.07, 6.45) is 0. The van der Waals surface area contributed by atoms with Gasteiger partial charge in [-0.1, -0.05) is 81.7 Å². The standard InChI is InChI=1S/C28H32Cl6N2O8/c1-17(37)35-25(27(29,30)31)19-3-5-21-23(15-19)43-13-9-40-10-14-44-24-16-20(26(28(32,33)34)36-18(2)38)4-6-22(24)42-12-8-39-7-11-41-21/h3-6,15-16,25-26H,7-14H2,1-2H3,(H,35,37)(H,36,38)/t25-,26+. The molecule has 0 saturated heterocycles. The van der Waals surface area contributed by atoms with E-state index in [9.17, 15) is 9.59 Å². The maximum atomic E-state index is 11.7. The monoisotopic (exact) mass is 734 g/mol. The molecule has 2 aromatic rings. The molecule has 0 fully saturated rings. The number of carbonyl (C=O) groups excluding carboxylic acids is 2. The van der Waals surface area contributed by atoms with Gasteiger partial charge in [-0.25, -0.2) is 0 Å². The molecule has 1 aliphatic heterocycles. The molecule has 244 valence electrons. The van der Waals surface area contributed by atoms with Crippen LogP contribution in [0.5, 0.6) is 23.0 Å². The molecule has 0 bridgehead atoms. The van der Waals surface area contributed by atoms with Crippen LogP contribution in [0.1, 0.15) is 37.1 Å². The molecule has 0 unspecified atom stereocenters. The van der Waals surface area contributed by atoms with Crippen LogP contribution < -0.4 is 29.6 Å². The van der Waals surface area contributed by atoms with Crippen LogP contribution in [0.4, 0.5) is 0 Å². The van der Waals surface area contributed by atoms with Crippen LogP contribution in [0.25, 0.3) is 0 Å². The van der Waals surface area contributed by atoms with Gasteiger partial charge in [-0.15, -0.1) is 0 Å². The van der Waals surface area contributed by atoms with E-state index in [2.05, 4.69) is 10.6 Å². The second-order valence-corrected chi connectivity index (χ2v) is 14.1. The second kappa shape index (κ2) is 17.2. The van der Waals surface area contributed by atoms with Gasteiger partial charge >= 0.3 is 0 Å². The van der Waals surface area contributed by atoms with Gasteiger partial charge in [-0.2, -0.15) is 0 Å². The smallest absolute Gasteiger partial charge is 0.217 e. The molecule has 16 heteroatoms. The fourth-order valence-electron chi connectivity index (χ4n) is 4.03. The first-order valence-corrected chi connectivity index (χ1v) is 15.6. The van der Waals surface area contributed by atoms with Gasteiger partial charge in [-0.05, 0) is 35.4 Å². The topological polar surface area (TPSA) is 114 Å². The summed E-state index contributed by atoms with van der Waals surface area (Å²) in [6.45, 7) is 4.28. The van der Waals surface area contributed by atoms with Gasteiger partial charge in [0.1, 0.15) is 38.5 Å². The average molecular weight is 737 g/mol. The lowest BCUT2D eigenvalue weighted by Crippen LogP contribution is -2.35.